The third-order valence-corrected chi connectivity index (χ3v) is 4.91. The molecule has 1 unspecified atom stereocenters. The van der Waals surface area contributed by atoms with Crippen LogP contribution in [0.25, 0.3) is 10.8 Å². The normalized spacial score (nSPS) is 11.5. The van der Waals surface area contributed by atoms with Crippen molar-refractivity contribution in [2.75, 3.05) is 21.3 Å². The van der Waals surface area contributed by atoms with Crippen LogP contribution in [0.5, 0.6) is 17.2 Å². The van der Waals surface area contributed by atoms with E-state index < -0.39 is 11.8 Å². The number of hydrogen-bond donors (Lipinski definition) is 2. The van der Waals surface area contributed by atoms with Crippen LogP contribution in [-0.2, 0) is 4.79 Å². The maximum absolute atomic E-state index is 12.5. The van der Waals surface area contributed by atoms with E-state index in [1.54, 1.807) is 32.2 Å². The average molecular weight is 408 g/mol. The molecule has 3 rings (SSSR count). The minimum atomic E-state index is -0.456. The van der Waals surface area contributed by atoms with Crippen LogP contribution in [0.15, 0.2) is 54.6 Å². The molecular weight excluding hydrogens is 384 g/mol. The van der Waals surface area contributed by atoms with Gasteiger partial charge in [-0.25, -0.2) is 0 Å². The van der Waals surface area contributed by atoms with Crippen LogP contribution in [0, 0.1) is 0 Å². The van der Waals surface area contributed by atoms with Crippen molar-refractivity contribution in [1.29, 1.82) is 0 Å². The van der Waals surface area contributed by atoms with Crippen molar-refractivity contribution in [3.05, 3.63) is 65.7 Å². The largest absolute Gasteiger partial charge is 0.497 e. The molecule has 3 aromatic rings. The lowest BCUT2D eigenvalue weighted by molar-refractivity contribution is -0.123. The number of hydrogen-bond acceptors (Lipinski definition) is 5. The van der Waals surface area contributed by atoms with E-state index in [0.29, 0.717) is 17.1 Å². The Labute approximate surface area is 174 Å². The highest BCUT2D eigenvalue weighted by Gasteiger charge is 2.17. The second kappa shape index (κ2) is 9.17. The molecule has 0 spiro atoms. The zero-order valence-electron chi connectivity index (χ0n) is 17.3. The first kappa shape index (κ1) is 21.0. The lowest BCUT2D eigenvalue weighted by Gasteiger charge is -2.15. The molecule has 7 nitrogen and oxygen atoms in total. The Bertz CT molecular complexity index is 1080. The van der Waals surface area contributed by atoms with E-state index in [1.165, 1.54) is 14.2 Å². The molecule has 0 aliphatic rings. The van der Waals surface area contributed by atoms with Gasteiger partial charge < -0.3 is 14.2 Å². The molecule has 0 aliphatic heterocycles. The fourth-order valence-corrected chi connectivity index (χ4v) is 3.07. The van der Waals surface area contributed by atoms with E-state index in [4.69, 9.17) is 14.2 Å². The van der Waals surface area contributed by atoms with Gasteiger partial charge in [-0.3, -0.25) is 20.4 Å². The van der Waals surface area contributed by atoms with Crippen LogP contribution in [0.1, 0.15) is 28.8 Å². The molecule has 0 aliphatic carbocycles. The van der Waals surface area contributed by atoms with Gasteiger partial charge in [-0.05, 0) is 53.6 Å². The van der Waals surface area contributed by atoms with E-state index in [2.05, 4.69) is 10.9 Å². The van der Waals surface area contributed by atoms with E-state index in [-0.39, 0.29) is 5.91 Å². The van der Waals surface area contributed by atoms with Crippen molar-refractivity contribution in [2.24, 2.45) is 0 Å². The molecule has 2 N–H and O–H groups in total. The zero-order valence-corrected chi connectivity index (χ0v) is 17.3. The molecule has 0 heterocycles. The van der Waals surface area contributed by atoms with Crippen LogP contribution < -0.4 is 25.1 Å². The quantitative estimate of drug-likeness (QED) is 0.611. The van der Waals surface area contributed by atoms with Crippen LogP contribution in [-0.4, -0.2) is 33.1 Å². The second-order valence-corrected chi connectivity index (χ2v) is 6.71. The number of amides is 2. The van der Waals surface area contributed by atoms with Gasteiger partial charge in [0, 0.05) is 5.56 Å². The van der Waals surface area contributed by atoms with E-state index in [1.807, 2.05) is 36.4 Å². The number of fused-ring (bicyclic) bond motifs is 1. The molecule has 0 saturated carbocycles. The van der Waals surface area contributed by atoms with Crippen LogP contribution >= 0.6 is 0 Å². The summed E-state index contributed by atoms with van der Waals surface area (Å²) in [5, 5.41) is 2.02. The Morgan fingerprint density at radius 2 is 1.47 bits per heavy atom. The van der Waals surface area contributed by atoms with Gasteiger partial charge in [-0.15, -0.1) is 0 Å². The number of rotatable bonds is 6. The molecule has 0 fully saturated rings. The lowest BCUT2D eigenvalue weighted by Crippen LogP contribution is -2.43. The van der Waals surface area contributed by atoms with Crippen molar-refractivity contribution < 1.29 is 23.8 Å². The number of ether oxygens (including phenoxy) is 3. The summed E-state index contributed by atoms with van der Waals surface area (Å²) < 4.78 is 15.6. The lowest BCUT2D eigenvalue weighted by atomic mass is 9.97. The monoisotopic (exact) mass is 408 g/mol. The molecule has 0 bridgehead atoms. The van der Waals surface area contributed by atoms with E-state index in [9.17, 15) is 9.59 Å². The summed E-state index contributed by atoms with van der Waals surface area (Å²) in [5.41, 5.74) is 6.09. The maximum Gasteiger partial charge on any atom is 0.269 e. The van der Waals surface area contributed by atoms with Gasteiger partial charge in [0.05, 0.1) is 27.2 Å². The summed E-state index contributed by atoms with van der Waals surface area (Å²) in [7, 11) is 4.63. The van der Waals surface area contributed by atoms with Crippen LogP contribution in [0.2, 0.25) is 0 Å². The third kappa shape index (κ3) is 4.46. The molecule has 156 valence electrons. The number of carbonyl (C=O) groups is 2. The first-order chi connectivity index (χ1) is 14.5. The van der Waals surface area contributed by atoms with Gasteiger partial charge >= 0.3 is 0 Å². The summed E-state index contributed by atoms with van der Waals surface area (Å²) in [6, 6.07) is 16.3. The predicted molar refractivity (Wildman–Crippen MR) is 114 cm³/mol. The van der Waals surface area contributed by atoms with Crippen molar-refractivity contribution in [1.82, 2.24) is 10.9 Å². The number of nitrogens with one attached hydrogen (secondary N) is 2. The summed E-state index contributed by atoms with van der Waals surface area (Å²) in [6.07, 6.45) is 0. The number of methoxy groups -OCH3 is 3. The second-order valence-electron chi connectivity index (χ2n) is 6.71. The maximum atomic E-state index is 12.5. The molecule has 0 saturated heterocycles. The molecule has 2 amide bonds. The van der Waals surface area contributed by atoms with Crippen LogP contribution in [0.3, 0.4) is 0 Å². The third-order valence-electron chi connectivity index (χ3n) is 4.91. The Morgan fingerprint density at radius 1 is 0.767 bits per heavy atom. The van der Waals surface area contributed by atoms with Gasteiger partial charge in [0.25, 0.3) is 5.91 Å². The molecule has 0 aromatic heterocycles. The van der Waals surface area contributed by atoms with E-state index >= 15 is 0 Å². The summed E-state index contributed by atoms with van der Waals surface area (Å²) in [4.78, 5) is 24.9. The molecule has 7 heteroatoms. The summed E-state index contributed by atoms with van der Waals surface area (Å²) >= 11 is 0. The standard InChI is InChI=1S/C23H24N2O5/c1-14(15-5-6-17-12-19(28-2)9-7-16(17)11-15)22(26)24-25-23(27)18-8-10-20(29-3)21(13-18)30-4/h5-14H,1-4H3,(H,24,26)(H,25,27). The Kier molecular flexibility index (Phi) is 6.41. The Hall–Kier alpha value is -3.74. The van der Waals surface area contributed by atoms with Gasteiger partial charge in [0.15, 0.2) is 11.5 Å². The van der Waals surface area contributed by atoms with Crippen molar-refractivity contribution >= 4 is 22.6 Å². The Balaban J connectivity index is 1.67. The SMILES string of the molecule is COc1ccc2cc(C(C)C(=O)NNC(=O)c3ccc(OC)c(OC)c3)ccc2c1. The first-order valence-electron chi connectivity index (χ1n) is 9.36. The number of carbonyl (C=O) groups excluding carboxylic acids is 2. The first-order valence-corrected chi connectivity index (χ1v) is 9.36. The topological polar surface area (TPSA) is 85.9 Å². The van der Waals surface area contributed by atoms with Gasteiger partial charge in [0.1, 0.15) is 5.75 Å². The smallest absolute Gasteiger partial charge is 0.269 e. The number of hydrazine groups is 1. The highest BCUT2D eigenvalue weighted by molar-refractivity contribution is 5.96. The fraction of sp³-hybridized carbons (Fsp3) is 0.217. The molecular formula is C23H24N2O5. The summed E-state index contributed by atoms with van der Waals surface area (Å²) in [6.45, 7) is 1.78. The minimum absolute atomic E-state index is 0.323. The fourth-order valence-electron chi connectivity index (χ4n) is 3.07. The van der Waals surface area contributed by atoms with Gasteiger partial charge in [-0.1, -0.05) is 24.3 Å². The minimum Gasteiger partial charge on any atom is -0.497 e. The molecule has 1 atom stereocenters. The van der Waals surface area contributed by atoms with Gasteiger partial charge in [0.2, 0.25) is 5.91 Å². The van der Waals surface area contributed by atoms with Gasteiger partial charge in [-0.2, -0.15) is 0 Å². The Morgan fingerprint density at radius 3 is 2.17 bits per heavy atom. The van der Waals surface area contributed by atoms with Crippen LogP contribution in [0.4, 0.5) is 0 Å². The molecule has 3 aromatic carbocycles. The zero-order chi connectivity index (χ0) is 21.7. The molecule has 30 heavy (non-hydrogen) atoms. The van der Waals surface area contributed by atoms with Crippen molar-refractivity contribution in [3.63, 3.8) is 0 Å². The summed E-state index contributed by atoms with van der Waals surface area (Å²) in [5.74, 6) is 0.484. The highest BCUT2D eigenvalue weighted by Crippen LogP contribution is 2.27. The highest BCUT2D eigenvalue weighted by atomic mass is 16.5. The van der Waals surface area contributed by atoms with E-state index in [0.717, 1.165) is 22.1 Å². The van der Waals surface area contributed by atoms with Crippen molar-refractivity contribution in [3.8, 4) is 17.2 Å². The number of benzene rings is 3. The van der Waals surface area contributed by atoms with Crippen molar-refractivity contribution in [2.45, 2.75) is 12.8 Å². The molecule has 0 radical (unpaired) electrons. The predicted octanol–water partition coefficient (Wildman–Crippen LogP) is 3.43. The average Bonchev–Trinajstić information content (AvgIpc) is 2.80.